The first-order valence-corrected chi connectivity index (χ1v) is 16.5. The molecule has 8 nitrogen and oxygen atoms in total. The van der Waals surface area contributed by atoms with Crippen LogP contribution >= 0.6 is 11.3 Å². The van der Waals surface area contributed by atoms with Crippen LogP contribution < -0.4 is 15.1 Å². The van der Waals surface area contributed by atoms with Crippen LogP contribution in [0.4, 0.5) is 21.6 Å². The van der Waals surface area contributed by atoms with Crippen LogP contribution in [-0.2, 0) is 16.3 Å². The quantitative estimate of drug-likeness (QED) is 0.273. The molecule has 11 heteroatoms. The Kier molecular flexibility index (Phi) is 8.15. The summed E-state index contributed by atoms with van der Waals surface area (Å²) in [5.74, 6) is -0.673. The standard InChI is InChI=1S/C32H33FN4O4S2/c1-20-10-8-12-23(33)28(20)35-30(38)26-18-21-16-17-37(25-14-7-6-11-22(25)29(21)42-26)31(39)24-13-9-15-27(34-24)36(4)19-32(2,3)43(5,40)41/h6-15,18H,16-17,19H2,1-5H3,(H,35,38). The zero-order chi connectivity index (χ0) is 31.1. The Labute approximate surface area is 255 Å². The number of aromatic nitrogens is 1. The predicted molar refractivity (Wildman–Crippen MR) is 171 cm³/mol. The maximum absolute atomic E-state index is 14.4. The van der Waals surface area contributed by atoms with Crippen molar-refractivity contribution in [3.05, 3.63) is 94.2 Å². The third kappa shape index (κ3) is 6.05. The number of anilines is 3. The summed E-state index contributed by atoms with van der Waals surface area (Å²) < 4.78 is 37.9. The number of pyridine rings is 1. The summed E-state index contributed by atoms with van der Waals surface area (Å²) >= 11 is 1.31. The molecule has 224 valence electrons. The molecule has 0 unspecified atom stereocenters. The third-order valence-electron chi connectivity index (χ3n) is 7.75. The Balaban J connectivity index is 1.42. The summed E-state index contributed by atoms with van der Waals surface area (Å²) in [5.41, 5.74) is 3.47. The largest absolute Gasteiger partial charge is 0.358 e. The van der Waals surface area contributed by atoms with Crippen LogP contribution in [0.5, 0.6) is 0 Å². The molecule has 1 N–H and O–H groups in total. The first-order valence-electron chi connectivity index (χ1n) is 13.7. The molecule has 4 aromatic rings. The van der Waals surface area contributed by atoms with Crippen molar-refractivity contribution in [3.63, 3.8) is 0 Å². The Bertz CT molecular complexity index is 1810. The molecule has 0 saturated heterocycles. The molecule has 1 aliphatic heterocycles. The van der Waals surface area contributed by atoms with E-state index in [2.05, 4.69) is 10.3 Å². The Morgan fingerprint density at radius 2 is 1.81 bits per heavy atom. The minimum atomic E-state index is -3.32. The minimum Gasteiger partial charge on any atom is -0.358 e. The molecule has 0 radical (unpaired) electrons. The number of sulfone groups is 1. The molecule has 0 bridgehead atoms. The highest BCUT2D eigenvalue weighted by Crippen LogP contribution is 2.42. The molecule has 0 fully saturated rings. The van der Waals surface area contributed by atoms with Crippen molar-refractivity contribution < 1.29 is 22.4 Å². The lowest BCUT2D eigenvalue weighted by molar-refractivity contribution is 0.0981. The second-order valence-corrected chi connectivity index (χ2v) is 15.0. The number of aryl methyl sites for hydroxylation is 1. The SMILES string of the molecule is Cc1cccc(F)c1NC(=O)c1cc2c(s1)-c1ccccc1N(C(=O)c1cccc(N(C)CC(C)(C)S(C)(=O)=O)n1)CC2. The van der Waals surface area contributed by atoms with Gasteiger partial charge in [-0.2, -0.15) is 0 Å². The normalized spacial score (nSPS) is 13.1. The second-order valence-electron chi connectivity index (χ2n) is 11.3. The van der Waals surface area contributed by atoms with Crippen LogP contribution in [0.3, 0.4) is 0 Å². The number of rotatable bonds is 7. The van der Waals surface area contributed by atoms with Crippen LogP contribution in [-0.4, -0.2) is 56.4 Å². The van der Waals surface area contributed by atoms with Gasteiger partial charge in [0.05, 0.1) is 21.0 Å². The van der Waals surface area contributed by atoms with Gasteiger partial charge in [-0.3, -0.25) is 9.59 Å². The summed E-state index contributed by atoms with van der Waals surface area (Å²) in [4.78, 5) is 36.4. The Morgan fingerprint density at radius 3 is 2.53 bits per heavy atom. The van der Waals surface area contributed by atoms with Crippen LogP contribution in [0.25, 0.3) is 10.4 Å². The highest BCUT2D eigenvalue weighted by molar-refractivity contribution is 7.92. The first-order chi connectivity index (χ1) is 20.3. The van der Waals surface area contributed by atoms with Crippen LogP contribution in [0, 0.1) is 12.7 Å². The average molecular weight is 621 g/mol. The van der Waals surface area contributed by atoms with Gasteiger partial charge in [-0.05, 0) is 68.7 Å². The fourth-order valence-electron chi connectivity index (χ4n) is 5.05. The molecule has 0 atom stereocenters. The molecular weight excluding hydrogens is 588 g/mol. The monoisotopic (exact) mass is 620 g/mol. The molecule has 5 rings (SSSR count). The topological polar surface area (TPSA) is 99.7 Å². The van der Waals surface area contributed by atoms with Gasteiger partial charge in [0, 0.05) is 36.8 Å². The van der Waals surface area contributed by atoms with Crippen molar-refractivity contribution >= 4 is 50.2 Å². The van der Waals surface area contributed by atoms with Crippen molar-refractivity contribution in [1.82, 2.24) is 4.98 Å². The van der Waals surface area contributed by atoms with E-state index in [1.54, 1.807) is 68.0 Å². The number of nitrogens with zero attached hydrogens (tertiary/aromatic N) is 3. The number of hydrogen-bond donors (Lipinski definition) is 1. The molecule has 0 aliphatic carbocycles. The van der Waals surface area contributed by atoms with Gasteiger partial charge in [0.1, 0.15) is 17.3 Å². The predicted octanol–water partition coefficient (Wildman–Crippen LogP) is 5.97. The lowest BCUT2D eigenvalue weighted by Gasteiger charge is -2.29. The van der Waals surface area contributed by atoms with E-state index < -0.39 is 20.4 Å². The maximum Gasteiger partial charge on any atom is 0.276 e. The lowest BCUT2D eigenvalue weighted by atomic mass is 10.1. The number of halogens is 1. The van der Waals surface area contributed by atoms with E-state index in [4.69, 9.17) is 0 Å². The molecule has 43 heavy (non-hydrogen) atoms. The van der Waals surface area contributed by atoms with E-state index in [1.807, 2.05) is 30.3 Å². The smallest absolute Gasteiger partial charge is 0.276 e. The van der Waals surface area contributed by atoms with Gasteiger partial charge in [-0.15, -0.1) is 11.3 Å². The van der Waals surface area contributed by atoms with E-state index in [0.717, 1.165) is 16.0 Å². The van der Waals surface area contributed by atoms with Gasteiger partial charge in [-0.1, -0.05) is 36.4 Å². The Morgan fingerprint density at radius 1 is 1.09 bits per heavy atom. The molecule has 2 aromatic carbocycles. The zero-order valence-corrected chi connectivity index (χ0v) is 26.3. The number of hydrogen-bond acceptors (Lipinski definition) is 7. The molecule has 2 amide bonds. The number of nitrogens with one attached hydrogen (secondary N) is 1. The lowest BCUT2D eigenvalue weighted by Crippen LogP contribution is -2.43. The number of para-hydroxylation sites is 2. The zero-order valence-electron chi connectivity index (χ0n) is 24.6. The summed E-state index contributed by atoms with van der Waals surface area (Å²) in [6.07, 6.45) is 1.71. The van der Waals surface area contributed by atoms with Gasteiger partial charge >= 0.3 is 0 Å². The van der Waals surface area contributed by atoms with Crippen molar-refractivity contribution in [2.75, 3.05) is 41.5 Å². The molecule has 2 aromatic heterocycles. The van der Waals surface area contributed by atoms with Crippen molar-refractivity contribution in [2.45, 2.75) is 31.9 Å². The highest BCUT2D eigenvalue weighted by Gasteiger charge is 2.33. The number of fused-ring (bicyclic) bond motifs is 3. The van der Waals surface area contributed by atoms with Gasteiger partial charge in [0.15, 0.2) is 9.84 Å². The van der Waals surface area contributed by atoms with Crippen LogP contribution in [0.1, 0.15) is 45.1 Å². The minimum absolute atomic E-state index is 0.161. The first kappa shape index (κ1) is 30.4. The maximum atomic E-state index is 14.4. The van der Waals surface area contributed by atoms with Crippen molar-refractivity contribution in [2.24, 2.45) is 0 Å². The third-order valence-corrected chi connectivity index (χ3v) is 11.1. The summed E-state index contributed by atoms with van der Waals surface area (Å²) in [6, 6.07) is 19.1. The van der Waals surface area contributed by atoms with E-state index >= 15 is 0 Å². The summed E-state index contributed by atoms with van der Waals surface area (Å²) in [5, 5.41) is 2.71. The molecular formula is C32H33FN4O4S2. The van der Waals surface area contributed by atoms with Gasteiger partial charge in [0.25, 0.3) is 11.8 Å². The second kappa shape index (κ2) is 11.5. The summed E-state index contributed by atoms with van der Waals surface area (Å²) in [7, 11) is -1.57. The molecule has 0 saturated carbocycles. The molecule has 1 aliphatic rings. The molecule has 3 heterocycles. The fourth-order valence-corrected chi connectivity index (χ4v) is 6.61. The highest BCUT2D eigenvalue weighted by atomic mass is 32.2. The fraction of sp³-hybridized carbons (Fsp3) is 0.281. The number of carbonyl (C=O) groups is 2. The average Bonchev–Trinajstić information content (AvgIpc) is 3.32. The van der Waals surface area contributed by atoms with Crippen LogP contribution in [0.2, 0.25) is 0 Å². The summed E-state index contributed by atoms with van der Waals surface area (Å²) in [6.45, 7) is 5.63. The van der Waals surface area contributed by atoms with E-state index in [1.165, 1.54) is 23.7 Å². The van der Waals surface area contributed by atoms with E-state index in [0.29, 0.717) is 34.9 Å². The Hall–Kier alpha value is -4.09. The van der Waals surface area contributed by atoms with Gasteiger partial charge in [-0.25, -0.2) is 17.8 Å². The number of benzene rings is 2. The molecule has 0 spiro atoms. The van der Waals surface area contributed by atoms with Crippen molar-refractivity contribution in [3.8, 4) is 10.4 Å². The number of carbonyl (C=O) groups excluding carboxylic acids is 2. The van der Waals surface area contributed by atoms with Gasteiger partial charge < -0.3 is 15.1 Å². The van der Waals surface area contributed by atoms with Crippen molar-refractivity contribution in [1.29, 1.82) is 0 Å². The van der Waals surface area contributed by atoms with E-state index in [-0.39, 0.29) is 29.7 Å². The van der Waals surface area contributed by atoms with E-state index in [9.17, 15) is 22.4 Å². The number of amides is 2. The number of thiophene rings is 1. The van der Waals surface area contributed by atoms with Gasteiger partial charge in [0.2, 0.25) is 0 Å². The van der Waals surface area contributed by atoms with Crippen LogP contribution in [0.15, 0.2) is 66.7 Å².